The summed E-state index contributed by atoms with van der Waals surface area (Å²) < 4.78 is 1.60. The Morgan fingerprint density at radius 1 is 1.69 bits per heavy atom. The van der Waals surface area contributed by atoms with E-state index in [0.717, 1.165) is 0 Å². The van der Waals surface area contributed by atoms with E-state index >= 15 is 0 Å². The first-order valence-electron chi connectivity index (χ1n) is 4.51. The quantitative estimate of drug-likeness (QED) is 0.581. The third-order valence-corrected chi connectivity index (χ3v) is 2.22. The van der Waals surface area contributed by atoms with Crippen molar-refractivity contribution in [3.8, 4) is 0 Å². The van der Waals surface area contributed by atoms with Crippen LogP contribution in [0, 0.1) is 6.92 Å². The van der Waals surface area contributed by atoms with Crippen LogP contribution in [0.1, 0.15) is 24.1 Å². The average Bonchev–Trinajstić information content (AvgIpc) is 2.56. The monoisotopic (exact) mass is 239 g/mol. The summed E-state index contributed by atoms with van der Waals surface area (Å²) in [5.41, 5.74) is 5.11. The maximum absolute atomic E-state index is 10.9. The van der Waals surface area contributed by atoms with Gasteiger partial charge in [0.05, 0.1) is 11.4 Å². The maximum atomic E-state index is 10.9. The summed E-state index contributed by atoms with van der Waals surface area (Å²) in [6.45, 7) is 8.84. The van der Waals surface area contributed by atoms with Gasteiger partial charge in [0.15, 0.2) is 5.82 Å². The summed E-state index contributed by atoms with van der Waals surface area (Å²) in [6.07, 6.45) is 0.0304. The molecule has 6 nitrogen and oxygen atoms in total. The molecule has 0 unspecified atom stereocenters. The van der Waals surface area contributed by atoms with Crippen molar-refractivity contribution in [3.63, 3.8) is 0 Å². The number of aryl methyl sites for hydroxylation is 1. The number of nitrogens with two attached hydrogens (primary N) is 1. The van der Waals surface area contributed by atoms with Crippen molar-refractivity contribution < 1.29 is 4.79 Å². The number of aliphatic imine (C=N–C) groups is 1. The molecule has 7 heteroatoms. The molecule has 0 aliphatic carbocycles. The van der Waals surface area contributed by atoms with Gasteiger partial charge in [0, 0.05) is 0 Å². The zero-order valence-electron chi connectivity index (χ0n) is 8.92. The second-order valence-electron chi connectivity index (χ2n) is 3.23. The minimum absolute atomic E-state index is 0.0304. The van der Waals surface area contributed by atoms with E-state index in [-0.39, 0.29) is 6.42 Å². The molecule has 0 bridgehead atoms. The summed E-state index contributed by atoms with van der Waals surface area (Å²) >= 11 is 4.13. The van der Waals surface area contributed by atoms with E-state index in [4.69, 9.17) is 5.73 Å². The molecule has 0 spiro atoms. The topological polar surface area (TPSA) is 86.2 Å². The Morgan fingerprint density at radius 2 is 2.31 bits per heavy atom. The average molecular weight is 239 g/mol. The predicted molar refractivity (Wildman–Crippen MR) is 65.2 cm³/mol. The highest BCUT2D eigenvalue weighted by Crippen LogP contribution is 2.23. The number of hydrogen-bond acceptors (Lipinski definition) is 5. The first-order chi connectivity index (χ1) is 7.47. The molecule has 0 saturated carbocycles. The lowest BCUT2D eigenvalue weighted by molar-refractivity contribution is -0.118. The Labute approximate surface area is 98.7 Å². The third-order valence-electron chi connectivity index (χ3n) is 2.02. The standard InChI is InChI=1S/C9H13N5OS/c1-5-12-13-9(14(5)6(2)16)7(11-3)4-8(10)15/h7,16H,2-4H2,1H3,(H2,10,15)/t7-/m0/s1. The van der Waals surface area contributed by atoms with Crippen LogP contribution in [-0.4, -0.2) is 27.4 Å². The van der Waals surface area contributed by atoms with Crippen LogP contribution in [0.2, 0.25) is 0 Å². The third kappa shape index (κ3) is 2.48. The molecule has 1 aromatic heterocycles. The number of rotatable bonds is 5. The molecule has 1 atom stereocenters. The van der Waals surface area contributed by atoms with Crippen LogP contribution in [0.4, 0.5) is 0 Å². The number of amides is 1. The van der Waals surface area contributed by atoms with Gasteiger partial charge in [-0.25, -0.2) is 0 Å². The van der Waals surface area contributed by atoms with Crippen molar-refractivity contribution in [2.24, 2.45) is 10.7 Å². The summed E-state index contributed by atoms with van der Waals surface area (Å²) in [4.78, 5) is 14.7. The van der Waals surface area contributed by atoms with Crippen LogP contribution < -0.4 is 5.73 Å². The van der Waals surface area contributed by atoms with Gasteiger partial charge in [-0.15, -0.1) is 22.8 Å². The second-order valence-corrected chi connectivity index (χ2v) is 3.74. The van der Waals surface area contributed by atoms with Crippen molar-refractivity contribution in [1.29, 1.82) is 0 Å². The second kappa shape index (κ2) is 4.93. The fraction of sp³-hybridized carbons (Fsp3) is 0.333. The van der Waals surface area contributed by atoms with Gasteiger partial charge in [0.2, 0.25) is 5.91 Å². The molecule has 1 heterocycles. The lowest BCUT2D eigenvalue weighted by Crippen LogP contribution is -2.16. The maximum Gasteiger partial charge on any atom is 0.220 e. The van der Waals surface area contributed by atoms with E-state index in [2.05, 4.69) is 41.1 Å². The first-order valence-corrected chi connectivity index (χ1v) is 4.96. The van der Waals surface area contributed by atoms with Crippen LogP contribution >= 0.6 is 12.6 Å². The summed E-state index contributed by atoms with van der Waals surface area (Å²) in [5, 5.41) is 8.25. The van der Waals surface area contributed by atoms with Gasteiger partial charge in [-0.2, -0.15) is 0 Å². The highest BCUT2D eigenvalue weighted by molar-refractivity contribution is 7.90. The van der Waals surface area contributed by atoms with Crippen LogP contribution in [0.3, 0.4) is 0 Å². The molecule has 1 amide bonds. The van der Waals surface area contributed by atoms with E-state index in [1.165, 1.54) is 0 Å². The number of carbonyl (C=O) groups excluding carboxylic acids is 1. The zero-order valence-corrected chi connectivity index (χ0v) is 9.81. The van der Waals surface area contributed by atoms with E-state index < -0.39 is 11.9 Å². The largest absolute Gasteiger partial charge is 0.370 e. The van der Waals surface area contributed by atoms with E-state index in [1.54, 1.807) is 11.5 Å². The van der Waals surface area contributed by atoms with Gasteiger partial charge in [0.25, 0.3) is 0 Å². The summed E-state index contributed by atoms with van der Waals surface area (Å²) in [5.74, 6) is 0.605. The number of aromatic nitrogens is 3. The van der Waals surface area contributed by atoms with Gasteiger partial charge >= 0.3 is 0 Å². The molecule has 1 aromatic rings. The number of carbonyl (C=O) groups is 1. The molecule has 0 fully saturated rings. The Kier molecular flexibility index (Phi) is 3.83. The van der Waals surface area contributed by atoms with Crippen molar-refractivity contribution >= 4 is 30.3 Å². The van der Waals surface area contributed by atoms with Crippen LogP contribution in [0.5, 0.6) is 0 Å². The first kappa shape index (κ1) is 12.4. The summed E-state index contributed by atoms with van der Waals surface area (Å²) in [7, 11) is 0. The SMILES string of the molecule is C=N[C@@H](CC(N)=O)c1nnc(C)n1C(=C)S. The molecular weight excluding hydrogens is 226 g/mol. The fourth-order valence-electron chi connectivity index (χ4n) is 1.34. The molecule has 0 saturated heterocycles. The molecule has 2 N–H and O–H groups in total. The zero-order chi connectivity index (χ0) is 12.3. The Hall–Kier alpha value is -1.63. The normalized spacial score (nSPS) is 12.1. The minimum atomic E-state index is -0.525. The van der Waals surface area contributed by atoms with Gasteiger partial charge in [-0.05, 0) is 13.6 Å². The van der Waals surface area contributed by atoms with Crippen molar-refractivity contribution in [1.82, 2.24) is 14.8 Å². The minimum Gasteiger partial charge on any atom is -0.370 e. The molecule has 0 aliphatic heterocycles. The molecule has 0 aromatic carbocycles. The molecular formula is C9H13N5OS. The van der Waals surface area contributed by atoms with E-state index in [1.807, 2.05) is 0 Å². The fourth-order valence-corrected chi connectivity index (χ4v) is 1.59. The van der Waals surface area contributed by atoms with Gasteiger partial charge in [-0.3, -0.25) is 14.4 Å². The highest BCUT2D eigenvalue weighted by atomic mass is 32.1. The Balaban J connectivity index is 3.14. The highest BCUT2D eigenvalue weighted by Gasteiger charge is 2.20. The lowest BCUT2D eigenvalue weighted by Gasteiger charge is -2.11. The summed E-state index contributed by atoms with van der Waals surface area (Å²) in [6, 6.07) is -0.525. The molecule has 86 valence electrons. The van der Waals surface area contributed by atoms with Gasteiger partial charge in [0.1, 0.15) is 11.9 Å². The smallest absolute Gasteiger partial charge is 0.220 e. The van der Waals surface area contributed by atoms with Crippen molar-refractivity contribution in [2.75, 3.05) is 0 Å². The van der Waals surface area contributed by atoms with Crippen molar-refractivity contribution in [3.05, 3.63) is 18.2 Å². The molecule has 16 heavy (non-hydrogen) atoms. The Morgan fingerprint density at radius 3 is 2.75 bits per heavy atom. The van der Waals surface area contributed by atoms with Crippen LogP contribution in [-0.2, 0) is 4.79 Å². The van der Waals surface area contributed by atoms with Gasteiger partial charge in [-0.1, -0.05) is 6.58 Å². The number of thiol groups is 1. The van der Waals surface area contributed by atoms with Crippen LogP contribution in [0.15, 0.2) is 11.6 Å². The molecule has 1 rings (SSSR count). The van der Waals surface area contributed by atoms with Crippen molar-refractivity contribution in [2.45, 2.75) is 19.4 Å². The van der Waals surface area contributed by atoms with E-state index in [9.17, 15) is 4.79 Å². The molecule has 0 aliphatic rings. The number of nitrogens with zero attached hydrogens (tertiary/aromatic N) is 4. The Bertz CT molecular complexity index is 439. The van der Waals surface area contributed by atoms with Crippen LogP contribution in [0.25, 0.3) is 5.03 Å². The molecule has 0 radical (unpaired) electrons. The predicted octanol–water partition coefficient (Wildman–Crippen LogP) is 0.562. The van der Waals surface area contributed by atoms with E-state index in [0.29, 0.717) is 16.7 Å². The number of hydrogen-bond donors (Lipinski definition) is 2. The lowest BCUT2D eigenvalue weighted by atomic mass is 10.2. The number of primary amides is 1. The van der Waals surface area contributed by atoms with Gasteiger partial charge < -0.3 is 5.73 Å².